The number of carbonyl (C=O) groups excluding carboxylic acids is 2. The van der Waals surface area contributed by atoms with Gasteiger partial charge in [0.05, 0.1) is 0 Å². The molecule has 0 saturated carbocycles. The molecule has 1 aliphatic heterocycles. The summed E-state index contributed by atoms with van der Waals surface area (Å²) in [6.07, 6.45) is 23.9. The lowest BCUT2D eigenvalue weighted by Crippen LogP contribution is -3.00. The van der Waals surface area contributed by atoms with Crippen LogP contribution >= 0.6 is 0 Å². The zero-order chi connectivity index (χ0) is 32.1. The van der Waals surface area contributed by atoms with Gasteiger partial charge in [0.2, 0.25) is 5.69 Å². The van der Waals surface area contributed by atoms with Crippen LogP contribution in [0.3, 0.4) is 0 Å². The summed E-state index contributed by atoms with van der Waals surface area (Å²) in [4.78, 5) is 26.4. The van der Waals surface area contributed by atoms with E-state index in [0.717, 1.165) is 31.4 Å². The third-order valence-electron chi connectivity index (χ3n) is 8.86. The van der Waals surface area contributed by atoms with Crippen LogP contribution in [0.4, 0.5) is 9.59 Å². The van der Waals surface area contributed by atoms with Gasteiger partial charge in [-0.25, -0.2) is 14.2 Å². The van der Waals surface area contributed by atoms with Crippen LogP contribution in [0.15, 0.2) is 24.4 Å². The van der Waals surface area contributed by atoms with Gasteiger partial charge in [-0.05, 0) is 33.1 Å². The van der Waals surface area contributed by atoms with Gasteiger partial charge in [-0.3, -0.25) is 0 Å². The van der Waals surface area contributed by atoms with Crippen molar-refractivity contribution < 1.29 is 40.8 Å². The maximum atomic E-state index is 12.6. The molecule has 0 aliphatic carbocycles. The smallest absolute Gasteiger partial charge is 0.410 e. The van der Waals surface area contributed by atoms with E-state index >= 15 is 0 Å². The van der Waals surface area contributed by atoms with Crippen LogP contribution in [0.25, 0.3) is 0 Å². The molecular formula is C36H64ClN3O5. The van der Waals surface area contributed by atoms with Gasteiger partial charge in [-0.15, -0.1) is 0 Å². The van der Waals surface area contributed by atoms with Crippen LogP contribution in [0.1, 0.15) is 142 Å². The molecule has 9 heteroatoms. The first-order valence-corrected chi connectivity index (χ1v) is 17.6. The largest absolute Gasteiger partial charge is 1.00 e. The van der Waals surface area contributed by atoms with Crippen LogP contribution in [0.5, 0.6) is 0 Å². The first-order valence-electron chi connectivity index (χ1n) is 17.6. The molecular weight excluding hydrogens is 590 g/mol. The molecule has 45 heavy (non-hydrogen) atoms. The van der Waals surface area contributed by atoms with Crippen LogP contribution in [0, 0.1) is 0 Å². The third kappa shape index (κ3) is 18.0. The fraction of sp³-hybridized carbons (Fsp3) is 0.806. The SMILES string of the molecule is CCCCCCCCCCCCCCCCCCNC(=O)OCC1(C)CCC(C)(COC(=O)N(C)Cc2cccc[n+]2C)O1.[Cl-]. The Morgan fingerprint density at radius 2 is 1.31 bits per heavy atom. The topological polar surface area (TPSA) is 81.0 Å². The number of nitrogens with one attached hydrogen (secondary N) is 1. The molecule has 2 unspecified atom stereocenters. The highest BCUT2D eigenvalue weighted by atomic mass is 35.5. The Morgan fingerprint density at radius 3 is 1.82 bits per heavy atom. The van der Waals surface area contributed by atoms with E-state index in [4.69, 9.17) is 14.2 Å². The number of nitrogens with zero attached hydrogens (tertiary/aromatic N) is 2. The molecule has 2 atom stereocenters. The van der Waals surface area contributed by atoms with Crippen molar-refractivity contribution >= 4 is 12.2 Å². The number of unbranched alkanes of at least 4 members (excludes halogenated alkanes) is 15. The van der Waals surface area contributed by atoms with Gasteiger partial charge in [-0.1, -0.05) is 109 Å². The summed E-state index contributed by atoms with van der Waals surface area (Å²) in [7, 11) is 3.68. The number of pyridine rings is 1. The summed E-state index contributed by atoms with van der Waals surface area (Å²) in [5.41, 5.74) is -0.208. The maximum Gasteiger partial charge on any atom is 0.410 e. The highest BCUT2D eigenvalue weighted by Gasteiger charge is 2.45. The highest BCUT2D eigenvalue weighted by Crippen LogP contribution is 2.38. The Balaban J connectivity index is 0.0000101. The standard InChI is InChI=1S/C36H63N3O5.ClH/c1-6-7-8-9-10-11-12-13-14-15-16-17-18-19-20-22-27-37-33(40)42-30-35(2)25-26-36(3,44-35)31-43-34(41)39(5)29-32-24-21-23-28-38(32)4;/h21,23-24,28H,6-20,22,25-27,29-31H2,1-5H3;1H. The number of alkyl carbamates (subject to hydrolysis) is 1. The van der Waals surface area contributed by atoms with E-state index in [1.165, 1.54) is 89.9 Å². The summed E-state index contributed by atoms with van der Waals surface area (Å²) >= 11 is 0. The zero-order valence-electron chi connectivity index (χ0n) is 29.2. The molecule has 1 N–H and O–H groups in total. The predicted molar refractivity (Wildman–Crippen MR) is 176 cm³/mol. The normalized spacial score (nSPS) is 19.1. The van der Waals surface area contributed by atoms with E-state index in [1.807, 2.05) is 49.9 Å². The summed E-state index contributed by atoms with van der Waals surface area (Å²) in [5, 5.41) is 2.88. The minimum absolute atomic E-state index is 0. The van der Waals surface area contributed by atoms with Crippen molar-refractivity contribution in [2.24, 2.45) is 7.05 Å². The van der Waals surface area contributed by atoms with E-state index in [0.29, 0.717) is 13.1 Å². The highest BCUT2D eigenvalue weighted by molar-refractivity contribution is 5.67. The van der Waals surface area contributed by atoms with E-state index in [9.17, 15) is 9.59 Å². The minimum Gasteiger partial charge on any atom is -1.00 e. The van der Waals surface area contributed by atoms with Gasteiger partial charge in [0.15, 0.2) is 6.20 Å². The number of rotatable bonds is 23. The number of aromatic nitrogens is 1. The van der Waals surface area contributed by atoms with Gasteiger partial charge in [-0.2, -0.15) is 0 Å². The monoisotopic (exact) mass is 653 g/mol. The average molecular weight is 654 g/mol. The van der Waals surface area contributed by atoms with Crippen molar-refractivity contribution in [3.8, 4) is 0 Å². The van der Waals surface area contributed by atoms with E-state index in [1.54, 1.807) is 11.9 Å². The Bertz CT molecular complexity index is 951. The molecule has 1 aromatic rings. The molecule has 1 aromatic heterocycles. The number of ether oxygens (including phenoxy) is 3. The second kappa shape index (κ2) is 23.3. The lowest BCUT2D eigenvalue weighted by molar-refractivity contribution is -0.680. The van der Waals surface area contributed by atoms with Crippen LogP contribution in [0.2, 0.25) is 0 Å². The van der Waals surface area contributed by atoms with Crippen molar-refractivity contribution in [1.29, 1.82) is 0 Å². The molecule has 1 aliphatic rings. The molecule has 2 heterocycles. The van der Waals surface area contributed by atoms with Crippen molar-refractivity contribution in [2.75, 3.05) is 26.8 Å². The summed E-state index contributed by atoms with van der Waals surface area (Å²) < 4.78 is 19.4. The van der Waals surface area contributed by atoms with Crippen molar-refractivity contribution in [1.82, 2.24) is 10.2 Å². The van der Waals surface area contributed by atoms with Gasteiger partial charge >= 0.3 is 12.2 Å². The number of hydrogen-bond donors (Lipinski definition) is 1. The first kappa shape index (κ1) is 41.0. The van der Waals surface area contributed by atoms with Gasteiger partial charge < -0.3 is 36.8 Å². The zero-order valence-corrected chi connectivity index (χ0v) is 29.9. The van der Waals surface area contributed by atoms with Gasteiger partial charge in [0, 0.05) is 25.7 Å². The molecule has 2 rings (SSSR count). The Morgan fingerprint density at radius 1 is 0.822 bits per heavy atom. The van der Waals surface area contributed by atoms with E-state index in [-0.39, 0.29) is 25.6 Å². The molecule has 0 bridgehead atoms. The Kier molecular flexibility index (Phi) is 21.2. The Hall–Kier alpha value is -2.06. The van der Waals surface area contributed by atoms with E-state index < -0.39 is 23.4 Å². The molecule has 8 nitrogen and oxygen atoms in total. The summed E-state index contributed by atoms with van der Waals surface area (Å²) in [6, 6.07) is 5.88. The van der Waals surface area contributed by atoms with Crippen molar-refractivity contribution in [2.45, 2.75) is 154 Å². The summed E-state index contributed by atoms with van der Waals surface area (Å²) in [5.74, 6) is 0. The molecule has 260 valence electrons. The number of halogens is 1. The molecule has 0 spiro atoms. The molecule has 2 amide bonds. The number of amides is 2. The van der Waals surface area contributed by atoms with Crippen molar-refractivity contribution in [3.05, 3.63) is 30.1 Å². The fourth-order valence-electron chi connectivity index (χ4n) is 5.92. The van der Waals surface area contributed by atoms with Crippen LogP contribution in [-0.4, -0.2) is 55.1 Å². The average Bonchev–Trinajstić information content (AvgIpc) is 3.32. The molecule has 1 saturated heterocycles. The van der Waals surface area contributed by atoms with Gasteiger partial charge in [0.1, 0.15) is 38.0 Å². The number of aryl methyl sites for hydroxylation is 1. The second-order valence-electron chi connectivity index (χ2n) is 13.5. The van der Waals surface area contributed by atoms with Crippen LogP contribution < -0.4 is 22.3 Å². The third-order valence-corrected chi connectivity index (χ3v) is 8.86. The first-order chi connectivity index (χ1) is 21.2. The number of carbonyl (C=O) groups is 2. The number of hydrogen-bond acceptors (Lipinski definition) is 5. The molecule has 0 aromatic carbocycles. The maximum absolute atomic E-state index is 12.6. The predicted octanol–water partition coefficient (Wildman–Crippen LogP) is 5.40. The minimum atomic E-state index is -0.615. The van der Waals surface area contributed by atoms with E-state index in [2.05, 4.69) is 12.2 Å². The molecule has 1 fully saturated rings. The quantitative estimate of drug-likeness (QED) is 0.126. The second-order valence-corrected chi connectivity index (χ2v) is 13.5. The lowest BCUT2D eigenvalue weighted by Gasteiger charge is -2.30. The Labute approximate surface area is 280 Å². The lowest BCUT2D eigenvalue weighted by atomic mass is 9.99. The summed E-state index contributed by atoms with van der Waals surface area (Å²) in [6.45, 7) is 7.58. The van der Waals surface area contributed by atoms with Crippen LogP contribution in [-0.2, 0) is 27.8 Å². The fourth-order valence-corrected chi connectivity index (χ4v) is 5.92. The molecule has 0 radical (unpaired) electrons. The van der Waals surface area contributed by atoms with Gasteiger partial charge in [0.25, 0.3) is 0 Å². The van der Waals surface area contributed by atoms with Crippen molar-refractivity contribution in [3.63, 3.8) is 0 Å².